The van der Waals surface area contributed by atoms with Gasteiger partial charge in [-0.25, -0.2) is 4.98 Å². The highest BCUT2D eigenvalue weighted by atomic mass is 16.2. The van der Waals surface area contributed by atoms with Gasteiger partial charge in [-0.05, 0) is 42.3 Å². The Hall–Kier alpha value is -3.54. The van der Waals surface area contributed by atoms with Crippen molar-refractivity contribution >= 4 is 28.9 Å². The lowest BCUT2D eigenvalue weighted by Crippen LogP contribution is -2.40. The zero-order valence-electron chi connectivity index (χ0n) is 14.3. The van der Waals surface area contributed by atoms with Crippen molar-refractivity contribution < 1.29 is 9.59 Å². The molecule has 3 rings (SSSR count). The largest absolute Gasteiger partial charge is 0.269 e. The molecule has 2 amide bonds. The molecule has 26 heavy (non-hydrogen) atoms. The number of hydrogen-bond donors (Lipinski definition) is 2. The zero-order chi connectivity index (χ0) is 18.4. The number of carbonyl (C=O) groups is 2. The van der Waals surface area contributed by atoms with Gasteiger partial charge in [0.1, 0.15) is 0 Å². The van der Waals surface area contributed by atoms with Crippen LogP contribution in [0.4, 0.5) is 0 Å². The van der Waals surface area contributed by atoms with Crippen LogP contribution in [0.5, 0.6) is 0 Å². The molecule has 0 bridgehead atoms. The van der Waals surface area contributed by atoms with Gasteiger partial charge in [0.05, 0.1) is 22.9 Å². The van der Waals surface area contributed by atoms with Crippen molar-refractivity contribution in [1.82, 2.24) is 20.8 Å². The summed E-state index contributed by atoms with van der Waals surface area (Å²) in [5.74, 6) is -0.835. The van der Waals surface area contributed by atoms with Crippen LogP contribution in [-0.2, 0) is 11.2 Å². The second-order valence-corrected chi connectivity index (χ2v) is 5.61. The zero-order valence-corrected chi connectivity index (χ0v) is 14.3. The molecule has 1 aromatic heterocycles. The van der Waals surface area contributed by atoms with E-state index in [2.05, 4.69) is 20.8 Å². The molecule has 1 heterocycles. The minimum Gasteiger partial charge on any atom is -0.268 e. The highest BCUT2D eigenvalue weighted by Gasteiger charge is 2.05. The van der Waals surface area contributed by atoms with Crippen LogP contribution in [0.2, 0.25) is 0 Å². The first-order chi connectivity index (χ1) is 12.7. The number of carbonyl (C=O) groups excluding carboxylic acids is 2. The van der Waals surface area contributed by atoms with Crippen molar-refractivity contribution in [3.05, 3.63) is 77.6 Å². The van der Waals surface area contributed by atoms with Gasteiger partial charge < -0.3 is 0 Å². The van der Waals surface area contributed by atoms with Gasteiger partial charge in [-0.2, -0.15) is 0 Å². The van der Waals surface area contributed by atoms with Gasteiger partial charge >= 0.3 is 0 Å². The summed E-state index contributed by atoms with van der Waals surface area (Å²) in [6, 6.07) is 14.7. The number of aryl methyl sites for hydroxylation is 1. The number of hydrogen-bond acceptors (Lipinski definition) is 4. The normalized spacial score (nSPS) is 10.8. The van der Waals surface area contributed by atoms with Crippen LogP contribution in [-0.4, -0.2) is 21.8 Å². The molecule has 0 aliphatic carbocycles. The van der Waals surface area contributed by atoms with Gasteiger partial charge in [0, 0.05) is 11.6 Å². The van der Waals surface area contributed by atoms with Crippen LogP contribution in [0, 0.1) is 0 Å². The van der Waals surface area contributed by atoms with Gasteiger partial charge in [-0.3, -0.25) is 25.4 Å². The van der Waals surface area contributed by atoms with Crippen LogP contribution >= 0.6 is 0 Å². The van der Waals surface area contributed by atoms with Crippen molar-refractivity contribution in [3.63, 3.8) is 0 Å². The van der Waals surface area contributed by atoms with E-state index in [-0.39, 0.29) is 5.91 Å². The number of benzene rings is 2. The highest BCUT2D eigenvalue weighted by Crippen LogP contribution is 2.09. The van der Waals surface area contributed by atoms with E-state index in [1.54, 1.807) is 18.3 Å². The Morgan fingerprint density at radius 1 is 1.00 bits per heavy atom. The lowest BCUT2D eigenvalue weighted by Gasteiger charge is -2.06. The summed E-state index contributed by atoms with van der Waals surface area (Å²) >= 11 is 0. The van der Waals surface area contributed by atoms with Crippen LogP contribution in [0.25, 0.3) is 17.1 Å². The third-order valence-electron chi connectivity index (χ3n) is 3.80. The maximum Gasteiger partial charge on any atom is 0.269 e. The van der Waals surface area contributed by atoms with Crippen LogP contribution in [0.3, 0.4) is 0 Å². The summed E-state index contributed by atoms with van der Waals surface area (Å²) in [5, 5.41) is 0. The quantitative estimate of drug-likeness (QED) is 0.562. The summed E-state index contributed by atoms with van der Waals surface area (Å²) in [7, 11) is 0. The van der Waals surface area contributed by atoms with Crippen LogP contribution in [0.15, 0.2) is 60.8 Å². The molecule has 0 aliphatic heterocycles. The second-order valence-electron chi connectivity index (χ2n) is 5.61. The molecular weight excluding hydrogens is 328 g/mol. The molecule has 0 aliphatic rings. The molecule has 2 N–H and O–H groups in total. The monoisotopic (exact) mass is 346 g/mol. The topological polar surface area (TPSA) is 84.0 Å². The predicted molar refractivity (Wildman–Crippen MR) is 100 cm³/mol. The summed E-state index contributed by atoms with van der Waals surface area (Å²) in [6.07, 6.45) is 5.32. The summed E-state index contributed by atoms with van der Waals surface area (Å²) in [5.41, 5.74) is 8.43. The Kier molecular flexibility index (Phi) is 5.34. The minimum absolute atomic E-state index is 0.375. The van der Waals surface area contributed by atoms with Gasteiger partial charge in [-0.15, -0.1) is 0 Å². The van der Waals surface area contributed by atoms with Gasteiger partial charge in [-0.1, -0.05) is 31.2 Å². The second kappa shape index (κ2) is 8.02. The Labute approximate surface area is 151 Å². The molecule has 0 spiro atoms. The van der Waals surface area contributed by atoms with E-state index in [0.29, 0.717) is 11.3 Å². The molecular formula is C20H18N4O2. The average Bonchev–Trinajstić information content (AvgIpc) is 2.70. The fourth-order valence-corrected chi connectivity index (χ4v) is 2.34. The maximum atomic E-state index is 12.0. The lowest BCUT2D eigenvalue weighted by molar-refractivity contribution is -0.117. The third kappa shape index (κ3) is 4.30. The number of hydrazine groups is 1. The Morgan fingerprint density at radius 2 is 1.73 bits per heavy atom. The molecule has 0 atom stereocenters. The van der Waals surface area contributed by atoms with Gasteiger partial charge in [0.15, 0.2) is 0 Å². The van der Waals surface area contributed by atoms with E-state index < -0.39 is 5.91 Å². The number of fused-ring (bicyclic) bond motifs is 1. The summed E-state index contributed by atoms with van der Waals surface area (Å²) in [6.45, 7) is 2.04. The Morgan fingerprint density at radius 3 is 2.46 bits per heavy atom. The Balaban J connectivity index is 1.57. The Bertz CT molecular complexity index is 965. The number of rotatable bonds is 4. The van der Waals surface area contributed by atoms with Gasteiger partial charge in [0.25, 0.3) is 11.8 Å². The molecule has 0 saturated heterocycles. The molecule has 0 fully saturated rings. The summed E-state index contributed by atoms with van der Waals surface area (Å²) < 4.78 is 0. The predicted octanol–water partition coefficient (Wildman–Crippen LogP) is 2.67. The number of nitrogens with zero attached hydrogens (tertiary/aromatic N) is 2. The van der Waals surface area contributed by atoms with Crippen molar-refractivity contribution in [2.24, 2.45) is 0 Å². The van der Waals surface area contributed by atoms with Crippen LogP contribution in [0.1, 0.15) is 28.5 Å². The van der Waals surface area contributed by atoms with E-state index in [1.807, 2.05) is 43.3 Å². The fourth-order valence-electron chi connectivity index (χ4n) is 2.34. The first kappa shape index (κ1) is 17.3. The fraction of sp³-hybridized carbons (Fsp3) is 0.100. The molecule has 6 nitrogen and oxygen atoms in total. The van der Waals surface area contributed by atoms with E-state index >= 15 is 0 Å². The first-order valence-electron chi connectivity index (χ1n) is 8.25. The molecule has 0 unspecified atom stereocenters. The molecule has 2 aromatic carbocycles. The number of aromatic nitrogens is 2. The number of nitrogens with one attached hydrogen (secondary N) is 2. The van der Waals surface area contributed by atoms with Crippen LogP contribution < -0.4 is 10.9 Å². The maximum absolute atomic E-state index is 12.0. The summed E-state index contributed by atoms with van der Waals surface area (Å²) in [4.78, 5) is 32.5. The SMILES string of the molecule is CCc1ccc(C(=O)NNC(=O)/C=C/c2cnc3ccccc3n2)cc1. The average molecular weight is 346 g/mol. The van der Waals surface area contributed by atoms with E-state index in [0.717, 1.165) is 23.0 Å². The number of para-hydroxylation sites is 2. The third-order valence-corrected chi connectivity index (χ3v) is 3.80. The van der Waals surface area contributed by atoms with Crippen molar-refractivity contribution in [2.75, 3.05) is 0 Å². The number of amides is 2. The van der Waals surface area contributed by atoms with Crippen molar-refractivity contribution in [3.8, 4) is 0 Å². The van der Waals surface area contributed by atoms with E-state index in [1.165, 1.54) is 12.2 Å². The van der Waals surface area contributed by atoms with E-state index in [9.17, 15) is 9.59 Å². The molecule has 0 radical (unpaired) electrons. The van der Waals surface area contributed by atoms with E-state index in [4.69, 9.17) is 0 Å². The molecule has 3 aromatic rings. The molecule has 130 valence electrons. The lowest BCUT2D eigenvalue weighted by atomic mass is 10.1. The molecule has 0 saturated carbocycles. The minimum atomic E-state index is -0.460. The highest BCUT2D eigenvalue weighted by molar-refractivity contribution is 5.97. The standard InChI is InChI=1S/C20H18N4O2/c1-2-14-7-9-15(10-8-14)20(26)24-23-19(25)12-11-16-13-21-17-5-3-4-6-18(17)22-16/h3-13H,2H2,1H3,(H,23,25)(H,24,26)/b12-11+. The first-order valence-corrected chi connectivity index (χ1v) is 8.25. The molecule has 6 heteroatoms. The van der Waals surface area contributed by atoms with Crippen molar-refractivity contribution in [2.45, 2.75) is 13.3 Å². The van der Waals surface area contributed by atoms with Crippen molar-refractivity contribution in [1.29, 1.82) is 0 Å². The van der Waals surface area contributed by atoms with Gasteiger partial charge in [0.2, 0.25) is 0 Å². The smallest absolute Gasteiger partial charge is 0.268 e.